The summed E-state index contributed by atoms with van der Waals surface area (Å²) in [6, 6.07) is 13.2. The van der Waals surface area contributed by atoms with Crippen molar-refractivity contribution in [1.29, 1.82) is 0 Å². The minimum absolute atomic E-state index is 0.00649. The Kier molecular flexibility index (Phi) is 7.77. The Bertz CT molecular complexity index is 1480. The van der Waals surface area contributed by atoms with Gasteiger partial charge in [-0.25, -0.2) is 14.1 Å². The van der Waals surface area contributed by atoms with Crippen LogP contribution in [0.25, 0.3) is 6.08 Å². The predicted octanol–water partition coefficient (Wildman–Crippen LogP) is 5.47. The number of carbonyl (C=O) groups is 4. The first-order valence-corrected chi connectivity index (χ1v) is 11.6. The van der Waals surface area contributed by atoms with E-state index >= 15 is 0 Å². The van der Waals surface area contributed by atoms with Crippen LogP contribution in [0.1, 0.15) is 5.56 Å². The summed E-state index contributed by atoms with van der Waals surface area (Å²) in [7, 11) is 0. The molecule has 1 fully saturated rings. The molecule has 3 aromatic carbocycles. The minimum atomic E-state index is -0.966. The third kappa shape index (κ3) is 5.91. The van der Waals surface area contributed by atoms with Gasteiger partial charge in [-0.1, -0.05) is 53.0 Å². The van der Waals surface area contributed by atoms with E-state index in [-0.39, 0.29) is 32.7 Å². The van der Waals surface area contributed by atoms with E-state index in [0.29, 0.717) is 10.6 Å². The van der Waals surface area contributed by atoms with Crippen molar-refractivity contribution < 1.29 is 28.3 Å². The molecule has 4 rings (SSSR count). The predicted molar refractivity (Wildman–Crippen MR) is 137 cm³/mol. The van der Waals surface area contributed by atoms with Crippen molar-refractivity contribution in [2.75, 3.05) is 16.8 Å². The van der Waals surface area contributed by atoms with E-state index in [0.717, 1.165) is 4.90 Å². The lowest BCUT2D eigenvalue weighted by Gasteiger charge is -2.27. The van der Waals surface area contributed by atoms with Gasteiger partial charge in [-0.3, -0.25) is 19.7 Å². The van der Waals surface area contributed by atoms with Crippen molar-refractivity contribution in [3.63, 3.8) is 0 Å². The highest BCUT2D eigenvalue weighted by molar-refractivity contribution is 6.42. The van der Waals surface area contributed by atoms with Gasteiger partial charge in [-0.05, 0) is 54.1 Å². The molecule has 0 aromatic heterocycles. The average Bonchev–Trinajstić information content (AvgIpc) is 2.84. The molecule has 8 nitrogen and oxygen atoms in total. The Labute approximate surface area is 224 Å². The maximum Gasteiger partial charge on any atom is 0.335 e. The molecule has 188 valence electrons. The SMILES string of the molecule is O=C(COc1ccc(/C=C2\C(=O)NC(=O)N(c3ccc(Cl)cc3Cl)C2=O)cc1Cl)Nc1ccccc1F. The van der Waals surface area contributed by atoms with Gasteiger partial charge in [0.25, 0.3) is 17.7 Å². The molecule has 0 radical (unpaired) electrons. The van der Waals surface area contributed by atoms with Crippen molar-refractivity contribution >= 4 is 76.0 Å². The smallest absolute Gasteiger partial charge is 0.335 e. The fourth-order valence-corrected chi connectivity index (χ4v) is 4.06. The first kappa shape index (κ1) is 26.2. The van der Waals surface area contributed by atoms with Crippen molar-refractivity contribution in [2.45, 2.75) is 0 Å². The summed E-state index contributed by atoms with van der Waals surface area (Å²) in [5.74, 6) is -2.87. The minimum Gasteiger partial charge on any atom is -0.482 e. The highest BCUT2D eigenvalue weighted by atomic mass is 35.5. The zero-order valence-corrected chi connectivity index (χ0v) is 20.8. The fraction of sp³-hybridized carbons (Fsp3) is 0.0400. The molecular formula is C25H15Cl3FN3O5. The van der Waals surface area contributed by atoms with Gasteiger partial charge in [0.15, 0.2) is 6.61 Å². The van der Waals surface area contributed by atoms with Crippen LogP contribution in [-0.4, -0.2) is 30.4 Å². The molecule has 0 aliphatic carbocycles. The summed E-state index contributed by atoms with van der Waals surface area (Å²) in [6.07, 6.45) is 1.24. The van der Waals surface area contributed by atoms with Crippen LogP contribution < -0.4 is 20.3 Å². The Morgan fingerprint density at radius 3 is 2.46 bits per heavy atom. The normalized spacial score (nSPS) is 14.5. The summed E-state index contributed by atoms with van der Waals surface area (Å²) in [5, 5.41) is 4.88. The van der Waals surface area contributed by atoms with E-state index in [2.05, 4.69) is 10.6 Å². The Morgan fingerprint density at radius 2 is 1.76 bits per heavy atom. The zero-order chi connectivity index (χ0) is 26.7. The van der Waals surface area contributed by atoms with Gasteiger partial charge in [0.05, 0.1) is 21.4 Å². The highest BCUT2D eigenvalue weighted by Crippen LogP contribution is 2.32. The van der Waals surface area contributed by atoms with Crippen LogP contribution in [0.15, 0.2) is 66.2 Å². The second-order valence-electron chi connectivity index (χ2n) is 7.56. The molecule has 5 amide bonds. The second-order valence-corrected chi connectivity index (χ2v) is 8.81. The number of imide groups is 2. The number of rotatable bonds is 6. The van der Waals surface area contributed by atoms with E-state index in [1.54, 1.807) is 6.07 Å². The van der Waals surface area contributed by atoms with Crippen LogP contribution in [0, 0.1) is 5.82 Å². The first-order chi connectivity index (χ1) is 17.6. The second kappa shape index (κ2) is 11.0. The van der Waals surface area contributed by atoms with Gasteiger partial charge in [0.1, 0.15) is 17.1 Å². The highest BCUT2D eigenvalue weighted by Gasteiger charge is 2.37. The molecule has 0 bridgehead atoms. The third-order valence-corrected chi connectivity index (χ3v) is 5.86. The van der Waals surface area contributed by atoms with E-state index < -0.39 is 36.2 Å². The fourth-order valence-electron chi connectivity index (χ4n) is 3.32. The molecule has 1 saturated heterocycles. The summed E-state index contributed by atoms with van der Waals surface area (Å²) >= 11 is 18.3. The first-order valence-electron chi connectivity index (χ1n) is 10.5. The molecule has 2 N–H and O–H groups in total. The lowest BCUT2D eigenvalue weighted by Crippen LogP contribution is -2.54. The molecule has 0 spiro atoms. The van der Waals surface area contributed by atoms with Crippen molar-refractivity contribution in [3.05, 3.63) is 92.7 Å². The summed E-state index contributed by atoms with van der Waals surface area (Å²) in [4.78, 5) is 50.6. The number of nitrogens with zero attached hydrogens (tertiary/aromatic N) is 1. The maximum atomic E-state index is 13.7. The quantitative estimate of drug-likeness (QED) is 0.306. The molecule has 0 atom stereocenters. The molecule has 0 saturated carbocycles. The number of anilines is 2. The lowest BCUT2D eigenvalue weighted by molar-refractivity contribution is -0.122. The molecule has 3 aromatic rings. The number of nitrogens with one attached hydrogen (secondary N) is 2. The average molecular weight is 563 g/mol. The summed E-state index contributed by atoms with van der Waals surface area (Å²) in [6.45, 7) is -0.450. The number of ether oxygens (including phenoxy) is 1. The van der Waals surface area contributed by atoms with Crippen LogP contribution >= 0.6 is 34.8 Å². The molecular weight excluding hydrogens is 548 g/mol. The van der Waals surface area contributed by atoms with Crippen molar-refractivity contribution in [2.24, 2.45) is 0 Å². The summed E-state index contributed by atoms with van der Waals surface area (Å²) in [5.41, 5.74) is 0.0391. The van der Waals surface area contributed by atoms with Crippen molar-refractivity contribution in [3.8, 4) is 5.75 Å². The molecule has 37 heavy (non-hydrogen) atoms. The van der Waals surface area contributed by atoms with Gasteiger partial charge in [-0.15, -0.1) is 0 Å². The summed E-state index contributed by atoms with van der Waals surface area (Å²) < 4.78 is 19.1. The standard InChI is InChI=1S/C25H15Cl3FN3O5/c26-14-6-7-20(16(27)11-14)32-24(35)15(23(34)31-25(32)36)9-13-5-8-21(17(28)10-13)37-12-22(33)30-19-4-2-1-3-18(19)29/h1-11H,12H2,(H,30,33)(H,31,34,36)/b15-9+. The number of hydrogen-bond acceptors (Lipinski definition) is 5. The number of benzene rings is 3. The largest absolute Gasteiger partial charge is 0.482 e. The number of amides is 5. The number of carbonyl (C=O) groups excluding carboxylic acids is 4. The van der Waals surface area contributed by atoms with E-state index in [1.165, 1.54) is 60.7 Å². The van der Waals surface area contributed by atoms with E-state index in [9.17, 15) is 23.6 Å². The van der Waals surface area contributed by atoms with Crippen LogP contribution in [0.5, 0.6) is 5.75 Å². The lowest BCUT2D eigenvalue weighted by atomic mass is 10.1. The zero-order valence-electron chi connectivity index (χ0n) is 18.6. The Balaban J connectivity index is 1.50. The van der Waals surface area contributed by atoms with Gasteiger partial charge >= 0.3 is 6.03 Å². The molecule has 0 unspecified atom stereocenters. The Morgan fingerprint density at radius 1 is 1.00 bits per heavy atom. The topological polar surface area (TPSA) is 105 Å². The number of urea groups is 1. The van der Waals surface area contributed by atoms with Crippen LogP contribution in [0.2, 0.25) is 15.1 Å². The van der Waals surface area contributed by atoms with E-state index in [4.69, 9.17) is 39.5 Å². The third-order valence-electron chi connectivity index (χ3n) is 5.03. The maximum absolute atomic E-state index is 13.7. The van der Waals surface area contributed by atoms with E-state index in [1.807, 2.05) is 0 Å². The molecule has 1 aliphatic heterocycles. The van der Waals surface area contributed by atoms with Gasteiger partial charge in [0, 0.05) is 5.02 Å². The number of barbiturate groups is 1. The van der Waals surface area contributed by atoms with Gasteiger partial charge < -0.3 is 10.1 Å². The Hall–Kier alpha value is -3.92. The number of halogens is 4. The van der Waals surface area contributed by atoms with Gasteiger partial charge in [-0.2, -0.15) is 0 Å². The van der Waals surface area contributed by atoms with Crippen LogP contribution in [-0.2, 0) is 14.4 Å². The molecule has 12 heteroatoms. The monoisotopic (exact) mass is 561 g/mol. The van der Waals surface area contributed by atoms with Crippen molar-refractivity contribution in [1.82, 2.24) is 5.32 Å². The number of hydrogen-bond donors (Lipinski definition) is 2. The van der Waals surface area contributed by atoms with Crippen LogP contribution in [0.4, 0.5) is 20.6 Å². The van der Waals surface area contributed by atoms with Crippen LogP contribution in [0.3, 0.4) is 0 Å². The molecule has 1 heterocycles. The van der Waals surface area contributed by atoms with Gasteiger partial charge in [0.2, 0.25) is 0 Å². The number of para-hydroxylation sites is 1. The molecule has 1 aliphatic rings.